The van der Waals surface area contributed by atoms with Gasteiger partial charge >= 0.3 is 5.88 Å². The molecule has 4 aromatic rings. The zero-order valence-corrected chi connectivity index (χ0v) is 16.0. The molecule has 2 aromatic carbocycles. The molecular weight excluding hydrogens is 394 g/mol. The Morgan fingerprint density at radius 3 is 2.38 bits per heavy atom. The number of aryl methyl sites for hydroxylation is 1. The molecule has 0 bridgehead atoms. The molecule has 0 saturated carbocycles. The standard InChI is InChI=1S/C21H14ClN3O4/c1-13-2-8-16(9-3-13)24-12-17(21(26)14-4-6-15(22)7-5-14)20(23-24)18-10-11-19(29-18)25(27)28/h2-12H,1H3. The van der Waals surface area contributed by atoms with Crippen LogP contribution in [-0.4, -0.2) is 20.5 Å². The molecule has 2 aromatic heterocycles. The number of nitrogens with zero attached hydrogens (tertiary/aromatic N) is 3. The second-order valence-corrected chi connectivity index (χ2v) is 6.84. The number of benzene rings is 2. The summed E-state index contributed by atoms with van der Waals surface area (Å²) in [6, 6.07) is 16.7. The average Bonchev–Trinajstić information content (AvgIpc) is 3.36. The molecule has 0 radical (unpaired) electrons. The minimum Gasteiger partial charge on any atom is -0.399 e. The van der Waals surface area contributed by atoms with E-state index in [4.69, 9.17) is 16.0 Å². The third-order valence-corrected chi connectivity index (χ3v) is 4.62. The van der Waals surface area contributed by atoms with Crippen molar-refractivity contribution < 1.29 is 14.1 Å². The highest BCUT2D eigenvalue weighted by Gasteiger charge is 2.24. The van der Waals surface area contributed by atoms with Crippen molar-refractivity contribution in [3.63, 3.8) is 0 Å². The fraction of sp³-hybridized carbons (Fsp3) is 0.0476. The van der Waals surface area contributed by atoms with Crippen LogP contribution in [0.4, 0.5) is 5.88 Å². The molecule has 7 nitrogen and oxygen atoms in total. The molecule has 0 N–H and O–H groups in total. The van der Waals surface area contributed by atoms with E-state index in [1.807, 2.05) is 31.2 Å². The molecule has 0 atom stereocenters. The van der Waals surface area contributed by atoms with Gasteiger partial charge in [0.25, 0.3) is 0 Å². The van der Waals surface area contributed by atoms with Gasteiger partial charge in [-0.25, -0.2) is 4.68 Å². The molecule has 8 heteroatoms. The highest BCUT2D eigenvalue weighted by Crippen LogP contribution is 2.30. The van der Waals surface area contributed by atoms with E-state index in [2.05, 4.69) is 5.10 Å². The molecule has 0 amide bonds. The molecule has 0 aliphatic heterocycles. The van der Waals surface area contributed by atoms with Gasteiger partial charge in [0, 0.05) is 16.8 Å². The lowest BCUT2D eigenvalue weighted by Gasteiger charge is -2.01. The Kier molecular flexibility index (Phi) is 4.74. The quantitative estimate of drug-likeness (QED) is 0.256. The normalized spacial score (nSPS) is 10.8. The third-order valence-electron chi connectivity index (χ3n) is 4.37. The van der Waals surface area contributed by atoms with E-state index in [1.165, 1.54) is 12.1 Å². The molecule has 0 aliphatic carbocycles. The Balaban J connectivity index is 1.84. The van der Waals surface area contributed by atoms with Crippen molar-refractivity contribution in [2.24, 2.45) is 0 Å². The van der Waals surface area contributed by atoms with Crippen molar-refractivity contribution in [2.45, 2.75) is 6.92 Å². The maximum absolute atomic E-state index is 13.1. The maximum atomic E-state index is 13.1. The van der Waals surface area contributed by atoms with Crippen LogP contribution in [-0.2, 0) is 0 Å². The Bertz CT molecular complexity index is 1210. The van der Waals surface area contributed by atoms with Gasteiger partial charge in [-0.15, -0.1) is 0 Å². The van der Waals surface area contributed by atoms with Gasteiger partial charge in [0.15, 0.2) is 11.5 Å². The van der Waals surface area contributed by atoms with Crippen molar-refractivity contribution in [1.82, 2.24) is 9.78 Å². The number of furan rings is 1. The van der Waals surface area contributed by atoms with Crippen LogP contribution in [0.25, 0.3) is 17.1 Å². The molecular formula is C21H14ClN3O4. The lowest BCUT2D eigenvalue weighted by molar-refractivity contribution is -0.401. The van der Waals surface area contributed by atoms with Crippen LogP contribution in [0.1, 0.15) is 21.5 Å². The van der Waals surface area contributed by atoms with Gasteiger partial charge in [0.05, 0.1) is 17.3 Å². The predicted molar refractivity (Wildman–Crippen MR) is 108 cm³/mol. The molecule has 0 aliphatic rings. The van der Waals surface area contributed by atoms with Crippen LogP contribution < -0.4 is 0 Å². The van der Waals surface area contributed by atoms with Gasteiger partial charge in [-0.2, -0.15) is 5.10 Å². The summed E-state index contributed by atoms with van der Waals surface area (Å²) < 4.78 is 6.84. The lowest BCUT2D eigenvalue weighted by Crippen LogP contribution is -2.01. The minimum absolute atomic E-state index is 0.139. The molecule has 0 fully saturated rings. The Morgan fingerprint density at radius 1 is 1.07 bits per heavy atom. The SMILES string of the molecule is Cc1ccc(-n2cc(C(=O)c3ccc(Cl)cc3)c(-c3ccc([N+](=O)[O-])o3)n2)cc1. The summed E-state index contributed by atoms with van der Waals surface area (Å²) in [6.45, 7) is 1.97. The number of halogens is 1. The first kappa shape index (κ1) is 18.6. The minimum atomic E-state index is -0.638. The van der Waals surface area contributed by atoms with Crippen molar-refractivity contribution >= 4 is 23.3 Å². The third kappa shape index (κ3) is 3.68. The van der Waals surface area contributed by atoms with Crippen LogP contribution in [0.15, 0.2) is 71.3 Å². The van der Waals surface area contributed by atoms with Gasteiger partial charge in [-0.05, 0) is 49.4 Å². The number of hydrogen-bond donors (Lipinski definition) is 0. The number of ketones is 1. The maximum Gasteiger partial charge on any atom is 0.433 e. The van der Waals surface area contributed by atoms with E-state index in [0.717, 1.165) is 11.3 Å². The number of aromatic nitrogens is 2. The van der Waals surface area contributed by atoms with Gasteiger partial charge < -0.3 is 4.42 Å². The van der Waals surface area contributed by atoms with E-state index in [-0.39, 0.29) is 22.8 Å². The summed E-state index contributed by atoms with van der Waals surface area (Å²) in [5, 5.41) is 16.0. The second-order valence-electron chi connectivity index (χ2n) is 6.40. The second kappa shape index (κ2) is 7.37. The van der Waals surface area contributed by atoms with Crippen molar-refractivity contribution in [2.75, 3.05) is 0 Å². The van der Waals surface area contributed by atoms with Gasteiger partial charge in [-0.3, -0.25) is 14.9 Å². The Hall–Kier alpha value is -3.71. The molecule has 144 valence electrons. The van der Waals surface area contributed by atoms with Crippen molar-refractivity contribution in [3.05, 3.63) is 98.7 Å². The van der Waals surface area contributed by atoms with Crippen LogP contribution in [0.3, 0.4) is 0 Å². The monoisotopic (exact) mass is 407 g/mol. The van der Waals surface area contributed by atoms with Gasteiger partial charge in [0.1, 0.15) is 10.6 Å². The first-order valence-electron chi connectivity index (χ1n) is 8.64. The molecule has 0 saturated heterocycles. The molecule has 4 rings (SSSR count). The van der Waals surface area contributed by atoms with Crippen molar-refractivity contribution in [1.29, 1.82) is 0 Å². The first-order chi connectivity index (χ1) is 13.9. The topological polar surface area (TPSA) is 91.2 Å². The Labute approximate surface area is 170 Å². The van der Waals surface area contributed by atoms with Crippen LogP contribution in [0, 0.1) is 17.0 Å². The molecule has 0 spiro atoms. The fourth-order valence-electron chi connectivity index (χ4n) is 2.86. The summed E-state index contributed by atoms with van der Waals surface area (Å²) in [5.41, 5.74) is 2.73. The largest absolute Gasteiger partial charge is 0.433 e. The predicted octanol–water partition coefficient (Wildman–Crippen LogP) is 5.23. The van der Waals surface area contributed by atoms with Gasteiger partial charge in [0.2, 0.25) is 0 Å². The van der Waals surface area contributed by atoms with E-state index in [0.29, 0.717) is 10.6 Å². The van der Waals surface area contributed by atoms with Crippen LogP contribution in [0.5, 0.6) is 0 Å². The first-order valence-corrected chi connectivity index (χ1v) is 9.02. The highest BCUT2D eigenvalue weighted by molar-refractivity contribution is 6.30. The van der Waals surface area contributed by atoms with E-state index in [9.17, 15) is 14.9 Å². The zero-order chi connectivity index (χ0) is 20.5. The number of rotatable bonds is 5. The summed E-state index contributed by atoms with van der Waals surface area (Å²) in [4.78, 5) is 23.5. The number of carbonyl (C=O) groups excluding carboxylic acids is 1. The summed E-state index contributed by atoms with van der Waals surface area (Å²) in [7, 11) is 0. The number of carbonyl (C=O) groups is 1. The summed E-state index contributed by atoms with van der Waals surface area (Å²) in [6.07, 6.45) is 1.59. The molecule has 0 unspecified atom stereocenters. The smallest absolute Gasteiger partial charge is 0.399 e. The fourth-order valence-corrected chi connectivity index (χ4v) is 2.99. The van der Waals surface area contributed by atoms with Crippen LogP contribution >= 0.6 is 11.6 Å². The number of nitro groups is 1. The number of hydrogen-bond acceptors (Lipinski definition) is 5. The summed E-state index contributed by atoms with van der Waals surface area (Å²) in [5.74, 6) is -0.580. The van der Waals surface area contributed by atoms with E-state index >= 15 is 0 Å². The average molecular weight is 408 g/mol. The molecule has 29 heavy (non-hydrogen) atoms. The van der Waals surface area contributed by atoms with Crippen molar-refractivity contribution in [3.8, 4) is 17.1 Å². The van der Waals surface area contributed by atoms with Crippen LogP contribution in [0.2, 0.25) is 5.02 Å². The zero-order valence-electron chi connectivity index (χ0n) is 15.2. The van der Waals surface area contributed by atoms with E-state index in [1.54, 1.807) is 35.1 Å². The molecule has 2 heterocycles. The highest BCUT2D eigenvalue weighted by atomic mass is 35.5. The van der Waals surface area contributed by atoms with E-state index < -0.39 is 10.8 Å². The lowest BCUT2D eigenvalue weighted by atomic mass is 10.0. The van der Waals surface area contributed by atoms with Gasteiger partial charge in [-0.1, -0.05) is 29.3 Å². The Morgan fingerprint density at radius 2 is 1.76 bits per heavy atom. The summed E-state index contributed by atoms with van der Waals surface area (Å²) >= 11 is 5.91.